The van der Waals surface area contributed by atoms with Crippen molar-refractivity contribution in [3.05, 3.63) is 28.5 Å². The van der Waals surface area contributed by atoms with Gasteiger partial charge in [-0.3, -0.25) is 0 Å². The molecule has 0 aliphatic heterocycles. The van der Waals surface area contributed by atoms with Gasteiger partial charge in [0.2, 0.25) is 0 Å². The Balaban J connectivity index is 1.75. The van der Waals surface area contributed by atoms with Crippen LogP contribution >= 0.6 is 15.9 Å². The first-order valence-corrected chi connectivity index (χ1v) is 6.75. The van der Waals surface area contributed by atoms with Gasteiger partial charge in [0.25, 0.3) is 0 Å². The SMILES string of the molecule is CC(CNC1CC1)COc1cc(F)cc(Br)c1. The van der Waals surface area contributed by atoms with E-state index >= 15 is 0 Å². The van der Waals surface area contributed by atoms with Gasteiger partial charge in [-0.25, -0.2) is 4.39 Å². The average molecular weight is 302 g/mol. The molecule has 17 heavy (non-hydrogen) atoms. The summed E-state index contributed by atoms with van der Waals surface area (Å²) >= 11 is 3.25. The van der Waals surface area contributed by atoms with Crippen LogP contribution in [0.2, 0.25) is 0 Å². The van der Waals surface area contributed by atoms with Crippen LogP contribution in [0.5, 0.6) is 5.75 Å². The second-order valence-corrected chi connectivity index (χ2v) is 5.62. The second kappa shape index (κ2) is 5.83. The lowest BCUT2D eigenvalue weighted by Crippen LogP contribution is -2.26. The molecule has 0 bridgehead atoms. The standard InChI is InChI=1S/C13H17BrFNO/c1-9(7-16-12-2-3-12)8-17-13-5-10(14)4-11(15)6-13/h4-6,9,12,16H,2-3,7-8H2,1H3. The van der Waals surface area contributed by atoms with Crippen LogP contribution in [0.3, 0.4) is 0 Å². The third-order valence-corrected chi connectivity index (χ3v) is 3.16. The molecular weight excluding hydrogens is 285 g/mol. The number of halogens is 2. The van der Waals surface area contributed by atoms with Crippen molar-refractivity contribution in [1.82, 2.24) is 5.32 Å². The Morgan fingerprint density at radius 3 is 2.88 bits per heavy atom. The monoisotopic (exact) mass is 301 g/mol. The van der Waals surface area contributed by atoms with Gasteiger partial charge >= 0.3 is 0 Å². The predicted octanol–water partition coefficient (Wildman–Crippen LogP) is 3.36. The first-order chi connectivity index (χ1) is 8.13. The molecule has 0 aromatic heterocycles. The molecule has 0 heterocycles. The molecule has 1 fully saturated rings. The lowest BCUT2D eigenvalue weighted by atomic mass is 10.2. The molecule has 0 saturated heterocycles. The first-order valence-electron chi connectivity index (χ1n) is 5.96. The summed E-state index contributed by atoms with van der Waals surface area (Å²) in [6, 6.07) is 5.33. The maximum atomic E-state index is 13.1. The van der Waals surface area contributed by atoms with Crippen LogP contribution in [-0.4, -0.2) is 19.2 Å². The molecule has 4 heteroatoms. The fraction of sp³-hybridized carbons (Fsp3) is 0.538. The maximum Gasteiger partial charge on any atom is 0.128 e. The van der Waals surface area contributed by atoms with Crippen molar-refractivity contribution >= 4 is 15.9 Å². The Morgan fingerprint density at radius 2 is 2.24 bits per heavy atom. The lowest BCUT2D eigenvalue weighted by molar-refractivity contribution is 0.254. The number of nitrogens with one attached hydrogen (secondary N) is 1. The highest BCUT2D eigenvalue weighted by Crippen LogP contribution is 2.21. The van der Waals surface area contributed by atoms with E-state index in [0.717, 1.165) is 12.6 Å². The molecule has 0 radical (unpaired) electrons. The van der Waals surface area contributed by atoms with Gasteiger partial charge in [-0.05, 0) is 25.0 Å². The smallest absolute Gasteiger partial charge is 0.128 e. The van der Waals surface area contributed by atoms with Gasteiger partial charge in [0, 0.05) is 29.0 Å². The summed E-state index contributed by atoms with van der Waals surface area (Å²) in [5.41, 5.74) is 0. The molecule has 1 N–H and O–H groups in total. The van der Waals surface area contributed by atoms with E-state index in [1.165, 1.54) is 25.0 Å². The largest absolute Gasteiger partial charge is 0.493 e. The lowest BCUT2D eigenvalue weighted by Gasteiger charge is -2.14. The highest BCUT2D eigenvalue weighted by Gasteiger charge is 2.20. The topological polar surface area (TPSA) is 21.3 Å². The molecule has 0 spiro atoms. The Labute approximate surface area is 110 Å². The predicted molar refractivity (Wildman–Crippen MR) is 69.8 cm³/mol. The summed E-state index contributed by atoms with van der Waals surface area (Å²) in [5.74, 6) is 0.728. The van der Waals surface area contributed by atoms with Gasteiger partial charge in [-0.2, -0.15) is 0 Å². The van der Waals surface area contributed by atoms with Crippen molar-refractivity contribution in [2.45, 2.75) is 25.8 Å². The number of hydrogen-bond acceptors (Lipinski definition) is 2. The van der Waals surface area contributed by atoms with E-state index in [2.05, 4.69) is 28.2 Å². The minimum atomic E-state index is -0.280. The molecule has 0 amide bonds. The van der Waals surface area contributed by atoms with E-state index in [1.54, 1.807) is 6.07 Å². The Kier molecular flexibility index (Phi) is 4.40. The maximum absolute atomic E-state index is 13.1. The molecule has 94 valence electrons. The first kappa shape index (κ1) is 12.8. The van der Waals surface area contributed by atoms with Crippen LogP contribution in [0.4, 0.5) is 4.39 Å². The van der Waals surface area contributed by atoms with Gasteiger partial charge in [0.15, 0.2) is 0 Å². The number of ether oxygens (including phenoxy) is 1. The molecule has 1 saturated carbocycles. The molecule has 2 rings (SSSR count). The molecule has 1 aliphatic rings. The third-order valence-electron chi connectivity index (χ3n) is 2.70. The van der Waals surface area contributed by atoms with Crippen molar-refractivity contribution in [1.29, 1.82) is 0 Å². The fourth-order valence-electron chi connectivity index (χ4n) is 1.56. The summed E-state index contributed by atoms with van der Waals surface area (Å²) in [5, 5.41) is 3.45. The van der Waals surface area contributed by atoms with Crippen molar-refractivity contribution < 1.29 is 9.13 Å². The fourth-order valence-corrected chi connectivity index (χ4v) is 2.01. The van der Waals surface area contributed by atoms with E-state index in [1.807, 2.05) is 0 Å². The Bertz CT molecular complexity index is 361. The molecule has 1 atom stereocenters. The Hall–Kier alpha value is -0.610. The van der Waals surface area contributed by atoms with Crippen LogP contribution < -0.4 is 10.1 Å². The minimum Gasteiger partial charge on any atom is -0.493 e. The summed E-state index contributed by atoms with van der Waals surface area (Å²) in [4.78, 5) is 0. The van der Waals surface area contributed by atoms with Crippen LogP contribution in [0.25, 0.3) is 0 Å². The van der Waals surface area contributed by atoms with E-state index in [0.29, 0.717) is 22.7 Å². The van der Waals surface area contributed by atoms with Crippen LogP contribution in [-0.2, 0) is 0 Å². The number of rotatable bonds is 6. The highest BCUT2D eigenvalue weighted by atomic mass is 79.9. The molecule has 1 aromatic rings. The van der Waals surface area contributed by atoms with Crippen molar-refractivity contribution in [2.24, 2.45) is 5.92 Å². The normalized spacial score (nSPS) is 16.9. The highest BCUT2D eigenvalue weighted by molar-refractivity contribution is 9.10. The van der Waals surface area contributed by atoms with E-state index in [-0.39, 0.29) is 5.82 Å². The minimum absolute atomic E-state index is 0.280. The summed E-state index contributed by atoms with van der Waals surface area (Å²) in [6.45, 7) is 3.69. The molecular formula is C13H17BrFNO. The van der Waals surface area contributed by atoms with Gasteiger partial charge < -0.3 is 10.1 Å². The molecule has 1 aromatic carbocycles. The summed E-state index contributed by atoms with van der Waals surface area (Å²) in [6.07, 6.45) is 2.59. The van der Waals surface area contributed by atoms with E-state index in [9.17, 15) is 4.39 Å². The zero-order chi connectivity index (χ0) is 12.3. The third kappa shape index (κ3) is 4.64. The average Bonchev–Trinajstić information content (AvgIpc) is 3.06. The number of hydrogen-bond donors (Lipinski definition) is 1. The zero-order valence-electron chi connectivity index (χ0n) is 9.88. The van der Waals surface area contributed by atoms with Crippen LogP contribution in [0, 0.1) is 11.7 Å². The van der Waals surface area contributed by atoms with Crippen molar-refractivity contribution in [3.63, 3.8) is 0 Å². The molecule has 1 unspecified atom stereocenters. The van der Waals surface area contributed by atoms with Gasteiger partial charge in [-0.15, -0.1) is 0 Å². The quantitative estimate of drug-likeness (QED) is 0.870. The van der Waals surface area contributed by atoms with Crippen molar-refractivity contribution in [3.8, 4) is 5.75 Å². The molecule has 1 aliphatic carbocycles. The van der Waals surface area contributed by atoms with Gasteiger partial charge in [0.05, 0.1) is 6.61 Å². The second-order valence-electron chi connectivity index (χ2n) is 4.70. The zero-order valence-corrected chi connectivity index (χ0v) is 11.5. The van der Waals surface area contributed by atoms with Crippen LogP contribution in [0.1, 0.15) is 19.8 Å². The van der Waals surface area contributed by atoms with Crippen molar-refractivity contribution in [2.75, 3.05) is 13.2 Å². The van der Waals surface area contributed by atoms with Gasteiger partial charge in [-0.1, -0.05) is 22.9 Å². The number of benzene rings is 1. The summed E-state index contributed by atoms with van der Waals surface area (Å²) in [7, 11) is 0. The summed E-state index contributed by atoms with van der Waals surface area (Å²) < 4.78 is 19.4. The Morgan fingerprint density at radius 1 is 1.47 bits per heavy atom. The van der Waals surface area contributed by atoms with Crippen LogP contribution in [0.15, 0.2) is 22.7 Å². The molecule has 2 nitrogen and oxygen atoms in total. The van der Waals surface area contributed by atoms with E-state index < -0.39 is 0 Å². The van der Waals surface area contributed by atoms with Gasteiger partial charge in [0.1, 0.15) is 11.6 Å². The van der Waals surface area contributed by atoms with E-state index in [4.69, 9.17) is 4.74 Å².